The summed E-state index contributed by atoms with van der Waals surface area (Å²) in [6.45, 7) is 4.05. The summed E-state index contributed by atoms with van der Waals surface area (Å²) in [7, 11) is 0. The molecule has 0 spiro atoms. The van der Waals surface area contributed by atoms with Crippen molar-refractivity contribution in [3.63, 3.8) is 0 Å². The van der Waals surface area contributed by atoms with Crippen molar-refractivity contribution in [1.82, 2.24) is 9.80 Å². The number of amides is 2. The molecule has 1 N–H and O–H groups in total. The summed E-state index contributed by atoms with van der Waals surface area (Å²) in [6.07, 6.45) is 4.59. The van der Waals surface area contributed by atoms with Crippen LogP contribution >= 0.6 is 0 Å². The Morgan fingerprint density at radius 1 is 0.944 bits per heavy atom. The number of carbonyl (C=O) groups is 2. The maximum atomic E-state index is 11.8. The summed E-state index contributed by atoms with van der Waals surface area (Å²) in [5, 5.41) is 8.66. The van der Waals surface area contributed by atoms with E-state index in [-0.39, 0.29) is 31.5 Å². The van der Waals surface area contributed by atoms with Gasteiger partial charge in [0.15, 0.2) is 0 Å². The van der Waals surface area contributed by atoms with Crippen molar-refractivity contribution in [3.05, 3.63) is 0 Å². The third-order valence-corrected chi connectivity index (χ3v) is 3.19. The van der Waals surface area contributed by atoms with Gasteiger partial charge in [-0.05, 0) is 19.3 Å². The lowest BCUT2D eigenvalue weighted by Crippen LogP contribution is -2.53. The summed E-state index contributed by atoms with van der Waals surface area (Å²) >= 11 is 0. The summed E-state index contributed by atoms with van der Waals surface area (Å²) in [6, 6.07) is 0. The number of aliphatic hydroxyl groups is 1. The van der Waals surface area contributed by atoms with Crippen LogP contribution in [0.4, 0.5) is 0 Å². The van der Waals surface area contributed by atoms with Gasteiger partial charge in [0.1, 0.15) is 0 Å². The van der Waals surface area contributed by atoms with Gasteiger partial charge in [0.25, 0.3) is 0 Å². The van der Waals surface area contributed by atoms with Gasteiger partial charge in [-0.15, -0.1) is 0 Å². The zero-order valence-corrected chi connectivity index (χ0v) is 11.2. The highest BCUT2D eigenvalue weighted by molar-refractivity contribution is 5.92. The number of piperazine rings is 1. The molecule has 0 atom stereocenters. The molecule has 104 valence electrons. The summed E-state index contributed by atoms with van der Waals surface area (Å²) < 4.78 is 0. The molecule has 0 aliphatic carbocycles. The second-order valence-corrected chi connectivity index (χ2v) is 4.77. The Labute approximate surface area is 109 Å². The van der Waals surface area contributed by atoms with E-state index in [1.54, 1.807) is 9.80 Å². The second-order valence-electron chi connectivity index (χ2n) is 4.77. The molecule has 0 unspecified atom stereocenters. The van der Waals surface area contributed by atoms with E-state index < -0.39 is 0 Å². The number of aliphatic hydroxyl groups excluding tert-OH is 1. The van der Waals surface area contributed by atoms with E-state index in [4.69, 9.17) is 5.11 Å². The van der Waals surface area contributed by atoms with Gasteiger partial charge < -0.3 is 14.9 Å². The van der Waals surface area contributed by atoms with Gasteiger partial charge >= 0.3 is 0 Å². The standard InChI is InChI=1S/C13H24N2O3/c1-2-7-14-10-13(18)15(11-12(14)17)8-5-3-4-6-9-16/h16H,2-11H2,1H3. The molecule has 0 aromatic heterocycles. The maximum Gasteiger partial charge on any atom is 0.242 e. The third kappa shape index (κ3) is 4.64. The summed E-state index contributed by atoms with van der Waals surface area (Å²) in [4.78, 5) is 26.9. The smallest absolute Gasteiger partial charge is 0.242 e. The van der Waals surface area contributed by atoms with Crippen LogP contribution < -0.4 is 0 Å². The molecule has 0 aromatic rings. The molecule has 1 aliphatic heterocycles. The van der Waals surface area contributed by atoms with Crippen LogP contribution in [0.2, 0.25) is 0 Å². The zero-order valence-electron chi connectivity index (χ0n) is 11.2. The molecule has 5 nitrogen and oxygen atoms in total. The third-order valence-electron chi connectivity index (χ3n) is 3.19. The van der Waals surface area contributed by atoms with Crippen LogP contribution in [-0.4, -0.2) is 59.5 Å². The predicted molar refractivity (Wildman–Crippen MR) is 69.0 cm³/mol. The fourth-order valence-electron chi connectivity index (χ4n) is 2.15. The highest BCUT2D eigenvalue weighted by Crippen LogP contribution is 2.08. The Hall–Kier alpha value is -1.10. The average molecular weight is 256 g/mol. The van der Waals surface area contributed by atoms with Crippen LogP contribution in [0.15, 0.2) is 0 Å². The van der Waals surface area contributed by atoms with Crippen molar-refractivity contribution in [3.8, 4) is 0 Å². The Bertz CT molecular complexity index is 281. The molecular weight excluding hydrogens is 232 g/mol. The van der Waals surface area contributed by atoms with Crippen molar-refractivity contribution in [1.29, 1.82) is 0 Å². The van der Waals surface area contributed by atoms with Crippen LogP contribution in [-0.2, 0) is 9.59 Å². The largest absolute Gasteiger partial charge is 0.396 e. The molecule has 1 saturated heterocycles. The fourth-order valence-corrected chi connectivity index (χ4v) is 2.15. The number of nitrogens with zero attached hydrogens (tertiary/aromatic N) is 2. The van der Waals surface area contributed by atoms with Crippen molar-refractivity contribution in [2.45, 2.75) is 39.0 Å². The van der Waals surface area contributed by atoms with Crippen LogP contribution in [0.5, 0.6) is 0 Å². The Morgan fingerprint density at radius 2 is 1.50 bits per heavy atom. The number of rotatable bonds is 8. The molecule has 1 rings (SSSR count). The maximum absolute atomic E-state index is 11.8. The van der Waals surface area contributed by atoms with E-state index in [2.05, 4.69) is 0 Å². The highest BCUT2D eigenvalue weighted by atomic mass is 16.3. The lowest BCUT2D eigenvalue weighted by molar-refractivity contribution is -0.150. The fraction of sp³-hybridized carbons (Fsp3) is 0.846. The normalized spacial score (nSPS) is 16.6. The van der Waals surface area contributed by atoms with Gasteiger partial charge in [-0.2, -0.15) is 0 Å². The first-order valence-corrected chi connectivity index (χ1v) is 6.85. The van der Waals surface area contributed by atoms with Gasteiger partial charge in [-0.3, -0.25) is 9.59 Å². The molecule has 1 fully saturated rings. The number of hydrogen-bond acceptors (Lipinski definition) is 3. The SMILES string of the molecule is CCCN1CC(=O)N(CCCCCCO)CC1=O. The first-order valence-electron chi connectivity index (χ1n) is 6.85. The molecule has 1 heterocycles. The monoisotopic (exact) mass is 256 g/mol. The lowest BCUT2D eigenvalue weighted by atomic mass is 10.2. The molecule has 0 bridgehead atoms. The van der Waals surface area contributed by atoms with E-state index in [1.807, 2.05) is 6.92 Å². The minimum Gasteiger partial charge on any atom is -0.396 e. The van der Waals surface area contributed by atoms with Crippen molar-refractivity contribution in [2.75, 3.05) is 32.8 Å². The lowest BCUT2D eigenvalue weighted by Gasteiger charge is -2.33. The minimum atomic E-state index is 0.0604. The van der Waals surface area contributed by atoms with Crippen molar-refractivity contribution in [2.24, 2.45) is 0 Å². The van der Waals surface area contributed by atoms with E-state index in [9.17, 15) is 9.59 Å². The first-order chi connectivity index (χ1) is 8.69. The van der Waals surface area contributed by atoms with E-state index in [0.29, 0.717) is 13.1 Å². The van der Waals surface area contributed by atoms with E-state index in [0.717, 1.165) is 32.1 Å². The molecule has 2 amide bonds. The quantitative estimate of drug-likeness (QED) is 0.648. The van der Waals surface area contributed by atoms with Crippen LogP contribution in [0, 0.1) is 0 Å². The highest BCUT2D eigenvalue weighted by Gasteiger charge is 2.28. The van der Waals surface area contributed by atoms with Crippen LogP contribution in [0.25, 0.3) is 0 Å². The molecular formula is C13H24N2O3. The Morgan fingerprint density at radius 3 is 2.06 bits per heavy atom. The summed E-state index contributed by atoms with van der Waals surface area (Å²) in [5.74, 6) is 0.122. The number of hydrogen-bond donors (Lipinski definition) is 1. The Kier molecular flexibility index (Phi) is 6.72. The number of carbonyl (C=O) groups excluding carboxylic acids is 2. The minimum absolute atomic E-state index is 0.0604. The van der Waals surface area contributed by atoms with Crippen LogP contribution in [0.3, 0.4) is 0 Å². The average Bonchev–Trinajstić information content (AvgIpc) is 2.35. The van der Waals surface area contributed by atoms with Gasteiger partial charge in [0.05, 0.1) is 13.1 Å². The molecule has 0 aromatic carbocycles. The second kappa shape index (κ2) is 8.08. The van der Waals surface area contributed by atoms with Gasteiger partial charge in [0, 0.05) is 19.7 Å². The Balaban J connectivity index is 2.27. The summed E-state index contributed by atoms with van der Waals surface area (Å²) in [5.41, 5.74) is 0. The van der Waals surface area contributed by atoms with Gasteiger partial charge in [0.2, 0.25) is 11.8 Å². The predicted octanol–water partition coefficient (Wildman–Crippen LogP) is 0.620. The number of unbranched alkanes of at least 4 members (excludes halogenated alkanes) is 3. The first kappa shape index (κ1) is 15.0. The molecule has 5 heteroatoms. The molecule has 18 heavy (non-hydrogen) atoms. The van der Waals surface area contributed by atoms with Crippen molar-refractivity contribution >= 4 is 11.8 Å². The van der Waals surface area contributed by atoms with Crippen molar-refractivity contribution < 1.29 is 14.7 Å². The van der Waals surface area contributed by atoms with Crippen LogP contribution in [0.1, 0.15) is 39.0 Å². The molecule has 0 saturated carbocycles. The van der Waals surface area contributed by atoms with Gasteiger partial charge in [-0.25, -0.2) is 0 Å². The van der Waals surface area contributed by atoms with Gasteiger partial charge in [-0.1, -0.05) is 19.8 Å². The zero-order chi connectivity index (χ0) is 13.4. The van der Waals surface area contributed by atoms with E-state index in [1.165, 1.54) is 0 Å². The van der Waals surface area contributed by atoms with E-state index >= 15 is 0 Å². The topological polar surface area (TPSA) is 60.9 Å². The molecule has 0 radical (unpaired) electrons. The molecule has 1 aliphatic rings.